The average molecular weight is 275 g/mol. The number of benzene rings is 1. The fourth-order valence-corrected chi connectivity index (χ4v) is 3.27. The van der Waals surface area contributed by atoms with Crippen LogP contribution in [0.4, 0.5) is 0 Å². The summed E-state index contributed by atoms with van der Waals surface area (Å²) < 4.78 is 6.42. The molecule has 1 fully saturated rings. The van der Waals surface area contributed by atoms with Gasteiger partial charge in [-0.05, 0) is 49.8 Å². The van der Waals surface area contributed by atoms with Gasteiger partial charge in [-0.25, -0.2) is 0 Å². The highest BCUT2D eigenvalue weighted by atomic mass is 16.5. The van der Waals surface area contributed by atoms with Crippen molar-refractivity contribution in [3.8, 4) is 5.75 Å². The first kappa shape index (κ1) is 15.4. The summed E-state index contributed by atoms with van der Waals surface area (Å²) in [7, 11) is 2.06. The molecule has 0 saturated heterocycles. The van der Waals surface area contributed by atoms with E-state index in [0.717, 1.165) is 11.7 Å². The van der Waals surface area contributed by atoms with E-state index in [0.29, 0.717) is 18.1 Å². The summed E-state index contributed by atoms with van der Waals surface area (Å²) in [5.41, 5.74) is 1.32. The molecule has 3 atom stereocenters. The third kappa shape index (κ3) is 3.54. The Kier molecular flexibility index (Phi) is 5.47. The largest absolute Gasteiger partial charge is 0.489 e. The predicted molar refractivity (Wildman–Crippen MR) is 85.4 cm³/mol. The summed E-state index contributed by atoms with van der Waals surface area (Å²) in [6, 6.07) is 8.98. The number of rotatable bonds is 5. The topological polar surface area (TPSA) is 21.3 Å². The van der Waals surface area contributed by atoms with Crippen molar-refractivity contribution >= 4 is 0 Å². The van der Waals surface area contributed by atoms with Crippen molar-refractivity contribution in [3.63, 3.8) is 0 Å². The van der Waals surface area contributed by atoms with Crippen LogP contribution in [0.1, 0.15) is 57.9 Å². The van der Waals surface area contributed by atoms with E-state index in [1.54, 1.807) is 0 Å². The molecule has 1 aliphatic carbocycles. The average Bonchev–Trinajstić information content (AvgIpc) is 2.47. The Morgan fingerprint density at radius 1 is 1.25 bits per heavy atom. The molecule has 2 rings (SSSR count). The fourth-order valence-electron chi connectivity index (χ4n) is 3.27. The zero-order valence-corrected chi connectivity index (χ0v) is 13.4. The van der Waals surface area contributed by atoms with Gasteiger partial charge < -0.3 is 10.1 Å². The maximum atomic E-state index is 6.42. The molecule has 1 aliphatic rings. The Labute approximate surface area is 123 Å². The number of para-hydroxylation sites is 1. The smallest absolute Gasteiger partial charge is 0.123 e. The molecule has 2 nitrogen and oxygen atoms in total. The molecule has 112 valence electrons. The number of hydrogen-bond donors (Lipinski definition) is 1. The van der Waals surface area contributed by atoms with Gasteiger partial charge in [0.05, 0.1) is 0 Å². The van der Waals surface area contributed by atoms with Gasteiger partial charge in [-0.1, -0.05) is 45.4 Å². The molecule has 0 amide bonds. The number of hydrogen-bond acceptors (Lipinski definition) is 2. The van der Waals surface area contributed by atoms with Crippen LogP contribution in [0.15, 0.2) is 24.3 Å². The molecule has 0 bridgehead atoms. The summed E-state index contributed by atoms with van der Waals surface area (Å²) in [5, 5.41) is 3.44. The molecule has 0 spiro atoms. The minimum absolute atomic E-state index is 0.304. The standard InChI is InChI=1S/C18H29NO/c1-5-14-10-11-16(19-4)18(12-14)20-17-9-7-6-8-15(17)13(2)3/h6-9,13-14,16,18-19H,5,10-12H2,1-4H3. The van der Waals surface area contributed by atoms with Crippen LogP contribution in [-0.4, -0.2) is 19.2 Å². The quantitative estimate of drug-likeness (QED) is 0.862. The molecule has 3 unspecified atom stereocenters. The zero-order chi connectivity index (χ0) is 14.5. The summed E-state index contributed by atoms with van der Waals surface area (Å²) in [6.45, 7) is 6.75. The lowest BCUT2D eigenvalue weighted by atomic mass is 9.82. The van der Waals surface area contributed by atoms with Crippen LogP contribution in [0.2, 0.25) is 0 Å². The van der Waals surface area contributed by atoms with E-state index in [1.165, 1.54) is 31.2 Å². The Morgan fingerprint density at radius 2 is 2.00 bits per heavy atom. The second kappa shape index (κ2) is 7.12. The van der Waals surface area contributed by atoms with E-state index in [2.05, 4.69) is 57.4 Å². The van der Waals surface area contributed by atoms with E-state index in [9.17, 15) is 0 Å². The van der Waals surface area contributed by atoms with Gasteiger partial charge in [0.1, 0.15) is 11.9 Å². The van der Waals surface area contributed by atoms with Crippen molar-refractivity contribution in [2.75, 3.05) is 7.05 Å². The summed E-state index contributed by atoms with van der Waals surface area (Å²) in [6.07, 6.45) is 5.30. The lowest BCUT2D eigenvalue weighted by Crippen LogP contribution is -2.45. The number of ether oxygens (including phenoxy) is 1. The van der Waals surface area contributed by atoms with Crippen LogP contribution >= 0.6 is 0 Å². The third-order valence-electron chi connectivity index (χ3n) is 4.67. The van der Waals surface area contributed by atoms with Gasteiger partial charge in [-0.15, -0.1) is 0 Å². The first-order chi connectivity index (χ1) is 9.65. The molecule has 1 saturated carbocycles. The van der Waals surface area contributed by atoms with Crippen LogP contribution in [0, 0.1) is 5.92 Å². The molecule has 1 aromatic carbocycles. The van der Waals surface area contributed by atoms with Gasteiger partial charge in [0.15, 0.2) is 0 Å². The maximum Gasteiger partial charge on any atom is 0.123 e. The van der Waals surface area contributed by atoms with Gasteiger partial charge in [-0.2, -0.15) is 0 Å². The van der Waals surface area contributed by atoms with Gasteiger partial charge in [0.25, 0.3) is 0 Å². The summed E-state index contributed by atoms with van der Waals surface area (Å²) in [5.74, 6) is 2.39. The maximum absolute atomic E-state index is 6.42. The molecular weight excluding hydrogens is 246 g/mol. The molecule has 2 heteroatoms. The number of nitrogens with one attached hydrogen (secondary N) is 1. The molecule has 0 radical (unpaired) electrons. The van der Waals surface area contributed by atoms with Crippen molar-refractivity contribution in [2.24, 2.45) is 5.92 Å². The van der Waals surface area contributed by atoms with Gasteiger partial charge >= 0.3 is 0 Å². The number of likely N-dealkylation sites (N-methyl/N-ethyl adjacent to an activating group) is 1. The highest BCUT2D eigenvalue weighted by molar-refractivity contribution is 5.35. The Balaban J connectivity index is 2.14. The molecule has 20 heavy (non-hydrogen) atoms. The lowest BCUT2D eigenvalue weighted by Gasteiger charge is -2.36. The zero-order valence-electron chi connectivity index (χ0n) is 13.4. The monoisotopic (exact) mass is 275 g/mol. The van der Waals surface area contributed by atoms with Crippen molar-refractivity contribution in [1.82, 2.24) is 5.32 Å². The Hall–Kier alpha value is -1.02. The van der Waals surface area contributed by atoms with E-state index < -0.39 is 0 Å². The van der Waals surface area contributed by atoms with Gasteiger partial charge in [-0.3, -0.25) is 0 Å². The second-order valence-corrected chi connectivity index (χ2v) is 6.33. The SMILES string of the molecule is CCC1CCC(NC)C(Oc2ccccc2C(C)C)C1. The van der Waals surface area contributed by atoms with Crippen molar-refractivity contribution in [1.29, 1.82) is 0 Å². The van der Waals surface area contributed by atoms with Gasteiger partial charge in [0, 0.05) is 6.04 Å². The van der Waals surface area contributed by atoms with E-state index in [-0.39, 0.29) is 0 Å². The molecule has 0 heterocycles. The van der Waals surface area contributed by atoms with Crippen LogP contribution in [0.3, 0.4) is 0 Å². The molecule has 0 aromatic heterocycles. The summed E-state index contributed by atoms with van der Waals surface area (Å²) in [4.78, 5) is 0. The first-order valence-electron chi connectivity index (χ1n) is 8.08. The Bertz CT molecular complexity index is 416. The fraction of sp³-hybridized carbons (Fsp3) is 0.667. The lowest BCUT2D eigenvalue weighted by molar-refractivity contribution is 0.0872. The van der Waals surface area contributed by atoms with Crippen LogP contribution in [0.5, 0.6) is 5.75 Å². The highest BCUT2D eigenvalue weighted by Crippen LogP contribution is 2.33. The summed E-state index contributed by atoms with van der Waals surface area (Å²) >= 11 is 0. The van der Waals surface area contributed by atoms with Crippen LogP contribution in [0.25, 0.3) is 0 Å². The van der Waals surface area contributed by atoms with Crippen LogP contribution in [-0.2, 0) is 0 Å². The second-order valence-electron chi connectivity index (χ2n) is 6.33. The van der Waals surface area contributed by atoms with Crippen LogP contribution < -0.4 is 10.1 Å². The normalized spacial score (nSPS) is 26.8. The molecule has 1 aromatic rings. The molecular formula is C18H29NO. The Morgan fingerprint density at radius 3 is 2.65 bits per heavy atom. The highest BCUT2D eigenvalue weighted by Gasteiger charge is 2.30. The first-order valence-corrected chi connectivity index (χ1v) is 8.08. The molecule has 0 aliphatic heterocycles. The van der Waals surface area contributed by atoms with Crippen molar-refractivity contribution < 1.29 is 4.74 Å². The predicted octanol–water partition coefficient (Wildman–Crippen LogP) is 4.36. The van der Waals surface area contributed by atoms with Crippen molar-refractivity contribution in [2.45, 2.75) is 64.5 Å². The third-order valence-corrected chi connectivity index (χ3v) is 4.67. The van der Waals surface area contributed by atoms with Gasteiger partial charge in [0.2, 0.25) is 0 Å². The van der Waals surface area contributed by atoms with Crippen molar-refractivity contribution in [3.05, 3.63) is 29.8 Å². The van der Waals surface area contributed by atoms with E-state index in [4.69, 9.17) is 4.74 Å². The van der Waals surface area contributed by atoms with E-state index in [1.807, 2.05) is 0 Å². The van der Waals surface area contributed by atoms with E-state index >= 15 is 0 Å². The minimum Gasteiger partial charge on any atom is -0.489 e. The minimum atomic E-state index is 0.304. The molecule has 1 N–H and O–H groups in total.